The molecule has 0 aromatic heterocycles. The summed E-state index contributed by atoms with van der Waals surface area (Å²) in [5.41, 5.74) is 4.73. The molecule has 0 atom stereocenters. The predicted molar refractivity (Wildman–Crippen MR) is 99.4 cm³/mol. The molecule has 0 bridgehead atoms. The predicted octanol–water partition coefficient (Wildman–Crippen LogP) is 4.23. The first kappa shape index (κ1) is 15.6. The van der Waals surface area contributed by atoms with E-state index in [1.165, 1.54) is 12.8 Å². The number of carbonyl (C=O) groups is 1. The minimum Gasteiger partial charge on any atom is -0.478 e. The zero-order valence-corrected chi connectivity index (χ0v) is 15.0. The highest BCUT2D eigenvalue weighted by Gasteiger charge is 2.38. The second kappa shape index (κ2) is 5.71. The molecule has 4 nitrogen and oxygen atoms in total. The van der Waals surface area contributed by atoms with Crippen LogP contribution < -0.4 is 9.47 Å². The molecule has 0 unspecified atom stereocenters. The van der Waals surface area contributed by atoms with Gasteiger partial charge < -0.3 is 9.47 Å². The van der Waals surface area contributed by atoms with Crippen LogP contribution in [0, 0.1) is 13.8 Å². The number of carbonyl (C=O) groups excluding carboxylic acids is 1. The summed E-state index contributed by atoms with van der Waals surface area (Å²) in [5.74, 6) is 1.90. The summed E-state index contributed by atoms with van der Waals surface area (Å²) in [7, 11) is 0. The van der Waals surface area contributed by atoms with E-state index in [2.05, 4.69) is 4.90 Å². The lowest BCUT2D eigenvalue weighted by Crippen LogP contribution is -2.34. The van der Waals surface area contributed by atoms with Crippen LogP contribution in [0.3, 0.4) is 0 Å². The first-order valence-corrected chi connectivity index (χ1v) is 9.14. The van der Waals surface area contributed by atoms with Gasteiger partial charge in [-0.2, -0.15) is 0 Å². The zero-order valence-electron chi connectivity index (χ0n) is 15.0. The Balaban J connectivity index is 1.55. The molecule has 1 aliphatic carbocycles. The van der Waals surface area contributed by atoms with Crippen LogP contribution in [0.5, 0.6) is 11.5 Å². The Bertz CT molecular complexity index is 956. The van der Waals surface area contributed by atoms with Crippen LogP contribution >= 0.6 is 0 Å². The van der Waals surface area contributed by atoms with Crippen LogP contribution in [0.15, 0.2) is 36.1 Å². The monoisotopic (exact) mass is 347 g/mol. The summed E-state index contributed by atoms with van der Waals surface area (Å²) in [6.07, 6.45) is 4.29. The first-order chi connectivity index (χ1) is 12.6. The molecule has 2 heterocycles. The zero-order chi connectivity index (χ0) is 17.8. The van der Waals surface area contributed by atoms with Gasteiger partial charge in [0.25, 0.3) is 0 Å². The Morgan fingerprint density at radius 2 is 2.04 bits per heavy atom. The molecule has 5 rings (SSSR count). The summed E-state index contributed by atoms with van der Waals surface area (Å²) >= 11 is 0. The number of rotatable bonds is 2. The van der Waals surface area contributed by atoms with E-state index in [1.807, 2.05) is 50.3 Å². The quantitative estimate of drug-likeness (QED) is 0.762. The van der Waals surface area contributed by atoms with E-state index in [-0.39, 0.29) is 5.78 Å². The molecule has 2 aliphatic heterocycles. The minimum atomic E-state index is -0.0367. The van der Waals surface area contributed by atoms with Crippen molar-refractivity contribution in [3.63, 3.8) is 0 Å². The lowest BCUT2D eigenvalue weighted by atomic mass is 9.98. The van der Waals surface area contributed by atoms with Gasteiger partial charge in [0, 0.05) is 12.6 Å². The maximum absolute atomic E-state index is 13.0. The van der Waals surface area contributed by atoms with Gasteiger partial charge in [-0.05, 0) is 50.0 Å². The van der Waals surface area contributed by atoms with Crippen molar-refractivity contribution in [1.29, 1.82) is 0 Å². The normalized spacial score (nSPS) is 20.5. The van der Waals surface area contributed by atoms with Gasteiger partial charge in [-0.15, -0.1) is 0 Å². The van der Waals surface area contributed by atoms with E-state index in [0.717, 1.165) is 34.5 Å². The number of aryl methyl sites for hydroxylation is 2. The highest BCUT2D eigenvalue weighted by atomic mass is 16.5. The Hall–Kier alpha value is -2.59. The van der Waals surface area contributed by atoms with Gasteiger partial charge in [-0.1, -0.05) is 29.8 Å². The molecule has 0 saturated heterocycles. The van der Waals surface area contributed by atoms with Crippen LogP contribution in [0.2, 0.25) is 0 Å². The molecule has 1 saturated carbocycles. The van der Waals surface area contributed by atoms with Gasteiger partial charge in [0.1, 0.15) is 18.2 Å². The van der Waals surface area contributed by atoms with E-state index in [4.69, 9.17) is 9.47 Å². The number of benzene rings is 2. The molecular formula is C22H21NO3. The summed E-state index contributed by atoms with van der Waals surface area (Å²) in [6, 6.07) is 10.7. The van der Waals surface area contributed by atoms with Gasteiger partial charge in [-0.25, -0.2) is 0 Å². The molecule has 0 spiro atoms. The SMILES string of the molecule is Cc1cccc(/C=C2\Oc3c4c(cc(C)c3C2=O)OCN(C2CC2)C4)c1. The fraction of sp³-hybridized carbons (Fsp3) is 0.318. The third kappa shape index (κ3) is 2.53. The van der Waals surface area contributed by atoms with Gasteiger partial charge in [0.05, 0.1) is 11.1 Å². The number of ether oxygens (including phenoxy) is 2. The van der Waals surface area contributed by atoms with E-state index in [0.29, 0.717) is 29.8 Å². The van der Waals surface area contributed by atoms with Crippen molar-refractivity contribution in [3.8, 4) is 11.5 Å². The largest absolute Gasteiger partial charge is 0.478 e. The van der Waals surface area contributed by atoms with E-state index >= 15 is 0 Å². The molecule has 2 aromatic carbocycles. The molecular weight excluding hydrogens is 326 g/mol. The van der Waals surface area contributed by atoms with Crippen LogP contribution in [-0.2, 0) is 6.54 Å². The molecule has 3 aliphatic rings. The lowest BCUT2D eigenvalue weighted by Gasteiger charge is -2.30. The van der Waals surface area contributed by atoms with Gasteiger partial charge >= 0.3 is 0 Å². The number of Topliss-reactive ketones (excluding diaryl/α,β-unsaturated/α-hetero) is 1. The van der Waals surface area contributed by atoms with Crippen molar-refractivity contribution in [3.05, 3.63) is 63.9 Å². The topological polar surface area (TPSA) is 38.8 Å². The maximum Gasteiger partial charge on any atom is 0.232 e. The van der Waals surface area contributed by atoms with Crippen molar-refractivity contribution in [2.45, 2.75) is 39.3 Å². The van der Waals surface area contributed by atoms with Crippen molar-refractivity contribution < 1.29 is 14.3 Å². The molecule has 0 N–H and O–H groups in total. The highest BCUT2D eigenvalue weighted by Crippen LogP contribution is 2.45. The highest BCUT2D eigenvalue weighted by molar-refractivity contribution is 6.15. The Morgan fingerprint density at radius 3 is 2.81 bits per heavy atom. The van der Waals surface area contributed by atoms with E-state index in [1.54, 1.807) is 0 Å². The number of nitrogens with zero attached hydrogens (tertiary/aromatic N) is 1. The molecule has 0 amide bonds. The fourth-order valence-electron chi connectivity index (χ4n) is 3.83. The van der Waals surface area contributed by atoms with Crippen molar-refractivity contribution in [2.24, 2.45) is 0 Å². The van der Waals surface area contributed by atoms with Gasteiger partial charge in [-0.3, -0.25) is 9.69 Å². The average molecular weight is 347 g/mol. The maximum atomic E-state index is 13.0. The van der Waals surface area contributed by atoms with Gasteiger partial charge in [0.15, 0.2) is 5.76 Å². The second-order valence-electron chi connectivity index (χ2n) is 7.48. The summed E-state index contributed by atoms with van der Waals surface area (Å²) in [5, 5.41) is 0. The van der Waals surface area contributed by atoms with Crippen molar-refractivity contribution >= 4 is 11.9 Å². The summed E-state index contributed by atoms with van der Waals surface area (Å²) in [4.78, 5) is 15.3. The molecule has 26 heavy (non-hydrogen) atoms. The number of allylic oxidation sites excluding steroid dienone is 1. The lowest BCUT2D eigenvalue weighted by molar-refractivity contribution is 0.0867. The number of hydrogen-bond donors (Lipinski definition) is 0. The average Bonchev–Trinajstić information content (AvgIpc) is 3.41. The van der Waals surface area contributed by atoms with Crippen LogP contribution in [0.1, 0.15) is 45.5 Å². The molecule has 0 radical (unpaired) electrons. The van der Waals surface area contributed by atoms with Crippen LogP contribution in [0.25, 0.3) is 6.08 Å². The molecule has 2 aromatic rings. The fourth-order valence-corrected chi connectivity index (χ4v) is 3.83. The molecule has 4 heteroatoms. The van der Waals surface area contributed by atoms with Crippen LogP contribution in [-0.4, -0.2) is 23.5 Å². The molecule has 1 fully saturated rings. The van der Waals surface area contributed by atoms with E-state index < -0.39 is 0 Å². The Kier molecular flexibility index (Phi) is 3.44. The smallest absolute Gasteiger partial charge is 0.232 e. The van der Waals surface area contributed by atoms with E-state index in [9.17, 15) is 4.79 Å². The summed E-state index contributed by atoms with van der Waals surface area (Å²) in [6.45, 7) is 5.40. The third-order valence-corrected chi connectivity index (χ3v) is 5.35. The summed E-state index contributed by atoms with van der Waals surface area (Å²) < 4.78 is 12.1. The standard InChI is InChI=1S/C22H21NO3/c1-13-4-3-5-15(8-13)10-19-21(24)20-14(2)9-18-17(22(20)26-19)11-23(12-25-18)16-6-7-16/h3-5,8-10,16H,6-7,11-12H2,1-2H3/b19-10-. The number of hydrogen-bond acceptors (Lipinski definition) is 4. The van der Waals surface area contributed by atoms with Crippen LogP contribution in [0.4, 0.5) is 0 Å². The second-order valence-corrected chi connectivity index (χ2v) is 7.48. The van der Waals surface area contributed by atoms with Crippen molar-refractivity contribution in [2.75, 3.05) is 6.73 Å². The minimum absolute atomic E-state index is 0.0367. The van der Waals surface area contributed by atoms with Gasteiger partial charge in [0.2, 0.25) is 5.78 Å². The number of ketones is 1. The molecule has 132 valence electrons. The Morgan fingerprint density at radius 1 is 1.19 bits per heavy atom. The first-order valence-electron chi connectivity index (χ1n) is 9.14. The van der Waals surface area contributed by atoms with Crippen molar-refractivity contribution in [1.82, 2.24) is 4.90 Å². The third-order valence-electron chi connectivity index (χ3n) is 5.35. The Labute approximate surface area is 153 Å². The number of fused-ring (bicyclic) bond motifs is 3.